The van der Waals surface area contributed by atoms with E-state index in [9.17, 15) is 13.6 Å². The molecular formula is C11H11BrF2O. The quantitative estimate of drug-likeness (QED) is 0.603. The van der Waals surface area contributed by atoms with Crippen molar-refractivity contribution in [3.63, 3.8) is 0 Å². The molecule has 0 aliphatic rings. The molecule has 0 heterocycles. The Labute approximate surface area is 95.6 Å². The summed E-state index contributed by atoms with van der Waals surface area (Å²) in [6.07, 6.45) is 0. The molecule has 1 nitrogen and oxygen atoms in total. The molecule has 15 heavy (non-hydrogen) atoms. The van der Waals surface area contributed by atoms with Crippen LogP contribution >= 0.6 is 15.9 Å². The molecule has 0 saturated carbocycles. The van der Waals surface area contributed by atoms with Gasteiger partial charge in [-0.1, -0.05) is 38.1 Å². The van der Waals surface area contributed by atoms with Gasteiger partial charge in [0.2, 0.25) is 5.78 Å². The van der Waals surface area contributed by atoms with Crippen LogP contribution in [0.3, 0.4) is 0 Å². The average molecular weight is 277 g/mol. The molecule has 0 aliphatic carbocycles. The summed E-state index contributed by atoms with van der Waals surface area (Å²) in [5.74, 6) is -0.892. The topological polar surface area (TPSA) is 17.1 Å². The number of rotatable bonds is 3. The van der Waals surface area contributed by atoms with E-state index in [1.807, 2.05) is 29.8 Å². The smallest absolute Gasteiger partial charge is 0.286 e. The molecule has 0 amide bonds. The monoisotopic (exact) mass is 276 g/mol. The second kappa shape index (κ2) is 4.39. The first-order chi connectivity index (χ1) is 6.82. The van der Waals surface area contributed by atoms with E-state index < -0.39 is 10.6 Å². The fourth-order valence-electron chi connectivity index (χ4n) is 1.18. The van der Waals surface area contributed by atoms with Gasteiger partial charge in [0.15, 0.2) is 0 Å². The van der Waals surface area contributed by atoms with Gasteiger partial charge in [-0.2, -0.15) is 8.78 Å². The summed E-state index contributed by atoms with van der Waals surface area (Å²) < 4.78 is 25.3. The minimum Gasteiger partial charge on any atom is -0.286 e. The number of alkyl halides is 3. The predicted octanol–water partition coefficient (Wildman–Crippen LogP) is 3.98. The molecule has 1 aromatic rings. The van der Waals surface area contributed by atoms with Crippen LogP contribution in [0.1, 0.15) is 35.7 Å². The van der Waals surface area contributed by atoms with Gasteiger partial charge in [-0.25, -0.2) is 0 Å². The van der Waals surface area contributed by atoms with E-state index in [-0.39, 0.29) is 5.56 Å². The van der Waals surface area contributed by atoms with Gasteiger partial charge in [-0.3, -0.25) is 4.79 Å². The van der Waals surface area contributed by atoms with Crippen molar-refractivity contribution in [1.82, 2.24) is 0 Å². The molecule has 1 rings (SSSR count). The SMILES string of the molecule is CC(C)c1ccc(C(=O)C(F)(F)Br)cc1. The van der Waals surface area contributed by atoms with Gasteiger partial charge in [0.05, 0.1) is 0 Å². The van der Waals surface area contributed by atoms with E-state index in [2.05, 4.69) is 0 Å². The Bertz CT molecular complexity index is 352. The first kappa shape index (κ1) is 12.3. The molecule has 0 fully saturated rings. The zero-order valence-corrected chi connectivity index (χ0v) is 10.0. The molecular weight excluding hydrogens is 266 g/mol. The van der Waals surface area contributed by atoms with Crippen molar-refractivity contribution in [2.75, 3.05) is 0 Å². The van der Waals surface area contributed by atoms with Crippen molar-refractivity contribution in [2.45, 2.75) is 24.6 Å². The van der Waals surface area contributed by atoms with Gasteiger partial charge in [0.25, 0.3) is 0 Å². The lowest BCUT2D eigenvalue weighted by atomic mass is 10.0. The zero-order chi connectivity index (χ0) is 11.6. The number of halogens is 3. The van der Waals surface area contributed by atoms with Crippen LogP contribution in [0.4, 0.5) is 8.78 Å². The van der Waals surface area contributed by atoms with Crippen molar-refractivity contribution in [3.8, 4) is 0 Å². The third-order valence-corrected chi connectivity index (χ3v) is 2.46. The van der Waals surface area contributed by atoms with Crippen molar-refractivity contribution in [1.29, 1.82) is 0 Å². The number of hydrogen-bond acceptors (Lipinski definition) is 1. The van der Waals surface area contributed by atoms with Crippen LogP contribution in [-0.4, -0.2) is 10.6 Å². The highest BCUT2D eigenvalue weighted by Gasteiger charge is 2.35. The Morgan fingerprint density at radius 3 is 2.07 bits per heavy atom. The summed E-state index contributed by atoms with van der Waals surface area (Å²) in [5, 5.41) is 0. The van der Waals surface area contributed by atoms with E-state index in [0.29, 0.717) is 5.92 Å². The highest BCUT2D eigenvalue weighted by atomic mass is 79.9. The number of Topliss-reactive ketones (excluding diaryl/α,β-unsaturated/α-hetero) is 1. The molecule has 0 aliphatic heterocycles. The van der Waals surface area contributed by atoms with Gasteiger partial charge in [-0.15, -0.1) is 0 Å². The largest absolute Gasteiger partial charge is 0.363 e. The summed E-state index contributed by atoms with van der Waals surface area (Å²) in [7, 11) is 0. The lowest BCUT2D eigenvalue weighted by Crippen LogP contribution is -2.20. The van der Waals surface area contributed by atoms with Crippen LogP contribution in [-0.2, 0) is 0 Å². The molecule has 0 saturated heterocycles. The summed E-state index contributed by atoms with van der Waals surface area (Å²) in [6.45, 7) is 3.99. The zero-order valence-electron chi connectivity index (χ0n) is 8.43. The summed E-state index contributed by atoms with van der Waals surface area (Å²) in [6, 6.07) is 6.23. The van der Waals surface area contributed by atoms with Crippen LogP contribution in [0.25, 0.3) is 0 Å². The Balaban J connectivity index is 2.95. The van der Waals surface area contributed by atoms with Crippen molar-refractivity contribution >= 4 is 21.7 Å². The minimum absolute atomic E-state index is 0.0151. The van der Waals surface area contributed by atoms with Gasteiger partial charge in [0.1, 0.15) is 0 Å². The van der Waals surface area contributed by atoms with Crippen molar-refractivity contribution < 1.29 is 13.6 Å². The van der Waals surface area contributed by atoms with Crippen LogP contribution in [0.5, 0.6) is 0 Å². The van der Waals surface area contributed by atoms with E-state index in [0.717, 1.165) is 5.56 Å². The molecule has 1 aromatic carbocycles. The molecule has 4 heteroatoms. The molecule has 0 spiro atoms. The number of carbonyl (C=O) groups excluding carboxylic acids is 1. The second-order valence-electron chi connectivity index (χ2n) is 3.60. The Morgan fingerprint density at radius 2 is 1.73 bits per heavy atom. The number of ketones is 1. The van der Waals surface area contributed by atoms with E-state index in [4.69, 9.17) is 0 Å². The maximum absolute atomic E-state index is 12.6. The maximum Gasteiger partial charge on any atom is 0.363 e. The molecule has 0 aromatic heterocycles. The number of benzene rings is 1. The summed E-state index contributed by atoms with van der Waals surface area (Å²) >= 11 is 2.05. The standard InChI is InChI=1S/C11H11BrF2O/c1-7(2)8-3-5-9(6-4-8)10(15)11(12,13)14/h3-7H,1-2H3. The third-order valence-electron chi connectivity index (χ3n) is 2.10. The molecule has 0 atom stereocenters. The van der Waals surface area contributed by atoms with Crippen LogP contribution in [0, 0.1) is 0 Å². The molecule has 0 N–H and O–H groups in total. The van der Waals surface area contributed by atoms with Crippen LogP contribution in [0.2, 0.25) is 0 Å². The lowest BCUT2D eigenvalue weighted by molar-refractivity contribution is 0.0592. The highest BCUT2D eigenvalue weighted by Crippen LogP contribution is 2.27. The maximum atomic E-state index is 12.6. The van der Waals surface area contributed by atoms with E-state index in [1.54, 1.807) is 12.1 Å². The Morgan fingerprint density at radius 1 is 1.27 bits per heavy atom. The van der Waals surface area contributed by atoms with Gasteiger partial charge < -0.3 is 0 Å². The minimum atomic E-state index is -3.48. The summed E-state index contributed by atoms with van der Waals surface area (Å²) in [4.78, 5) is 7.67. The second-order valence-corrected chi connectivity index (χ2v) is 4.60. The average Bonchev–Trinajstić information content (AvgIpc) is 2.15. The molecule has 82 valence electrons. The van der Waals surface area contributed by atoms with E-state index >= 15 is 0 Å². The van der Waals surface area contributed by atoms with E-state index in [1.165, 1.54) is 12.1 Å². The number of carbonyl (C=O) groups is 1. The molecule has 0 unspecified atom stereocenters. The van der Waals surface area contributed by atoms with Crippen molar-refractivity contribution in [2.24, 2.45) is 0 Å². The highest BCUT2D eigenvalue weighted by molar-refractivity contribution is 9.10. The van der Waals surface area contributed by atoms with Crippen LogP contribution < -0.4 is 0 Å². The fourth-order valence-corrected chi connectivity index (χ4v) is 1.41. The van der Waals surface area contributed by atoms with Crippen LogP contribution in [0.15, 0.2) is 24.3 Å². The fraction of sp³-hybridized carbons (Fsp3) is 0.364. The molecule has 0 radical (unpaired) electrons. The Hall–Kier alpha value is -0.770. The predicted molar refractivity (Wildman–Crippen MR) is 58.7 cm³/mol. The lowest BCUT2D eigenvalue weighted by Gasteiger charge is -2.09. The Kier molecular flexibility index (Phi) is 3.60. The normalized spacial score (nSPS) is 11.9. The first-order valence-corrected chi connectivity index (χ1v) is 5.33. The van der Waals surface area contributed by atoms with Gasteiger partial charge in [0, 0.05) is 5.56 Å². The first-order valence-electron chi connectivity index (χ1n) is 4.54. The molecule has 0 bridgehead atoms. The van der Waals surface area contributed by atoms with Crippen molar-refractivity contribution in [3.05, 3.63) is 35.4 Å². The number of hydrogen-bond donors (Lipinski definition) is 0. The third kappa shape index (κ3) is 3.09. The summed E-state index contributed by atoms with van der Waals surface area (Å²) in [5.41, 5.74) is 1.03. The van der Waals surface area contributed by atoms with Gasteiger partial charge >= 0.3 is 4.83 Å². The van der Waals surface area contributed by atoms with Gasteiger partial charge in [-0.05, 0) is 27.4 Å².